The summed E-state index contributed by atoms with van der Waals surface area (Å²) in [4.78, 5) is 2.68. The minimum Gasteiger partial charge on any atom is -0.497 e. The van der Waals surface area contributed by atoms with Crippen LogP contribution in [0.15, 0.2) is 36.4 Å². The Kier molecular flexibility index (Phi) is 3.88. The first kappa shape index (κ1) is 12.7. The molecular formula is C17H23NO. The molecule has 1 fully saturated rings. The second-order valence-electron chi connectivity index (χ2n) is 5.60. The van der Waals surface area contributed by atoms with Crippen molar-refractivity contribution >= 4 is 0 Å². The number of likely N-dealkylation sites (tertiary alicyclic amines) is 1. The molecule has 2 aliphatic rings. The normalized spacial score (nSPS) is 27.6. The first-order chi connectivity index (χ1) is 9.38. The lowest BCUT2D eigenvalue weighted by Gasteiger charge is -2.33. The molecule has 1 aliphatic heterocycles. The summed E-state index contributed by atoms with van der Waals surface area (Å²) >= 11 is 0. The number of methoxy groups -OCH3 is 1. The molecule has 0 bridgehead atoms. The molecule has 1 heterocycles. The Hall–Kier alpha value is -1.28. The van der Waals surface area contributed by atoms with Crippen molar-refractivity contribution in [3.8, 4) is 5.75 Å². The summed E-state index contributed by atoms with van der Waals surface area (Å²) in [5, 5.41) is 0. The summed E-state index contributed by atoms with van der Waals surface area (Å²) in [6.07, 6.45) is 11.3. The predicted molar refractivity (Wildman–Crippen MR) is 78.5 cm³/mol. The van der Waals surface area contributed by atoms with E-state index in [9.17, 15) is 0 Å². The number of benzene rings is 1. The van der Waals surface area contributed by atoms with Gasteiger partial charge < -0.3 is 4.74 Å². The predicted octanol–water partition coefficient (Wildman–Crippen LogP) is 3.94. The second kappa shape index (κ2) is 5.79. The molecule has 2 heteroatoms. The molecule has 0 radical (unpaired) electrons. The van der Waals surface area contributed by atoms with E-state index < -0.39 is 0 Å². The van der Waals surface area contributed by atoms with Crippen molar-refractivity contribution in [1.82, 2.24) is 4.90 Å². The van der Waals surface area contributed by atoms with Crippen LogP contribution in [-0.4, -0.2) is 24.6 Å². The van der Waals surface area contributed by atoms with Crippen LogP contribution in [0, 0.1) is 0 Å². The van der Waals surface area contributed by atoms with E-state index in [4.69, 9.17) is 4.74 Å². The fourth-order valence-electron chi connectivity index (χ4n) is 3.46. The smallest absolute Gasteiger partial charge is 0.119 e. The molecule has 3 rings (SSSR count). The van der Waals surface area contributed by atoms with Crippen LogP contribution < -0.4 is 4.74 Å². The monoisotopic (exact) mass is 257 g/mol. The minimum atomic E-state index is 0.572. The molecule has 0 saturated carbocycles. The maximum absolute atomic E-state index is 5.36. The third kappa shape index (κ3) is 2.69. The first-order valence-corrected chi connectivity index (χ1v) is 7.45. The minimum absolute atomic E-state index is 0.572. The lowest BCUT2D eigenvalue weighted by atomic mass is 9.98. The summed E-state index contributed by atoms with van der Waals surface area (Å²) < 4.78 is 5.36. The molecule has 2 atom stereocenters. The van der Waals surface area contributed by atoms with Gasteiger partial charge in [0.25, 0.3) is 0 Å². The van der Waals surface area contributed by atoms with Crippen LogP contribution in [0.2, 0.25) is 0 Å². The van der Waals surface area contributed by atoms with Crippen molar-refractivity contribution in [3.05, 3.63) is 42.0 Å². The second-order valence-corrected chi connectivity index (χ2v) is 5.60. The maximum atomic E-state index is 5.36. The highest BCUT2D eigenvalue weighted by Gasteiger charge is 2.31. The van der Waals surface area contributed by atoms with Crippen molar-refractivity contribution in [1.29, 1.82) is 0 Å². The number of nitrogens with zero attached hydrogens (tertiary/aromatic N) is 1. The molecule has 1 aromatic rings. The fraction of sp³-hybridized carbons (Fsp3) is 0.529. The van der Waals surface area contributed by atoms with Crippen molar-refractivity contribution in [2.75, 3.05) is 13.7 Å². The van der Waals surface area contributed by atoms with Gasteiger partial charge in [-0.2, -0.15) is 0 Å². The van der Waals surface area contributed by atoms with Crippen LogP contribution >= 0.6 is 0 Å². The van der Waals surface area contributed by atoms with Crippen LogP contribution in [0.5, 0.6) is 5.75 Å². The van der Waals surface area contributed by atoms with E-state index in [2.05, 4.69) is 35.3 Å². The zero-order valence-electron chi connectivity index (χ0n) is 11.7. The highest BCUT2D eigenvalue weighted by molar-refractivity contribution is 5.31. The zero-order valence-corrected chi connectivity index (χ0v) is 11.7. The van der Waals surface area contributed by atoms with E-state index in [-0.39, 0.29) is 0 Å². The third-order valence-electron chi connectivity index (χ3n) is 4.43. The number of allylic oxidation sites excluding steroid dienone is 1. The molecule has 1 aromatic carbocycles. The Morgan fingerprint density at radius 2 is 2.16 bits per heavy atom. The van der Waals surface area contributed by atoms with E-state index in [1.165, 1.54) is 44.2 Å². The molecule has 0 spiro atoms. The standard InChI is InChI=1S/C17H23NO/c1-19-16-10-5-7-14(13-16)17-11-6-12-18(17)15-8-3-2-4-9-15/h3,5,7-8,10,13,15,17H,2,4,6,9,11-12H2,1H3. The highest BCUT2D eigenvalue weighted by Crippen LogP contribution is 2.36. The van der Waals surface area contributed by atoms with Gasteiger partial charge in [-0.15, -0.1) is 0 Å². The van der Waals surface area contributed by atoms with Crippen LogP contribution in [0.4, 0.5) is 0 Å². The number of ether oxygens (including phenoxy) is 1. The van der Waals surface area contributed by atoms with Crippen LogP contribution in [0.3, 0.4) is 0 Å². The molecule has 1 aliphatic carbocycles. The molecule has 1 saturated heterocycles. The number of hydrogen-bond acceptors (Lipinski definition) is 2. The third-order valence-corrected chi connectivity index (χ3v) is 4.43. The largest absolute Gasteiger partial charge is 0.497 e. The van der Waals surface area contributed by atoms with Crippen LogP contribution in [0.25, 0.3) is 0 Å². The molecule has 0 amide bonds. The van der Waals surface area contributed by atoms with Gasteiger partial charge in [0.2, 0.25) is 0 Å². The Bertz CT molecular complexity index is 454. The van der Waals surface area contributed by atoms with E-state index in [1.54, 1.807) is 7.11 Å². The Balaban J connectivity index is 1.81. The van der Waals surface area contributed by atoms with Gasteiger partial charge in [-0.25, -0.2) is 0 Å². The van der Waals surface area contributed by atoms with Gasteiger partial charge in [-0.3, -0.25) is 4.90 Å². The van der Waals surface area contributed by atoms with Crippen LogP contribution in [-0.2, 0) is 0 Å². The van der Waals surface area contributed by atoms with Gasteiger partial charge in [0.1, 0.15) is 5.75 Å². The van der Waals surface area contributed by atoms with E-state index in [0.29, 0.717) is 12.1 Å². The summed E-state index contributed by atoms with van der Waals surface area (Å²) in [5.41, 5.74) is 1.41. The summed E-state index contributed by atoms with van der Waals surface area (Å²) in [7, 11) is 1.75. The SMILES string of the molecule is COc1cccc(C2CCCN2C2C=CCCC2)c1. The maximum Gasteiger partial charge on any atom is 0.119 e. The van der Waals surface area contributed by atoms with Crippen molar-refractivity contribution in [2.45, 2.75) is 44.2 Å². The fourth-order valence-corrected chi connectivity index (χ4v) is 3.46. The Morgan fingerprint density at radius 1 is 1.21 bits per heavy atom. The highest BCUT2D eigenvalue weighted by atomic mass is 16.5. The van der Waals surface area contributed by atoms with E-state index >= 15 is 0 Å². The van der Waals surface area contributed by atoms with Crippen LogP contribution in [0.1, 0.15) is 43.7 Å². The van der Waals surface area contributed by atoms with Crippen molar-refractivity contribution in [3.63, 3.8) is 0 Å². The molecule has 0 N–H and O–H groups in total. The van der Waals surface area contributed by atoms with Gasteiger partial charge in [-0.05, 0) is 56.3 Å². The van der Waals surface area contributed by atoms with Gasteiger partial charge in [-0.1, -0.05) is 24.3 Å². The summed E-state index contributed by atoms with van der Waals surface area (Å²) in [5.74, 6) is 0.975. The Morgan fingerprint density at radius 3 is 2.95 bits per heavy atom. The quantitative estimate of drug-likeness (QED) is 0.760. The molecule has 2 nitrogen and oxygen atoms in total. The molecule has 0 aromatic heterocycles. The zero-order chi connectivity index (χ0) is 13.1. The average Bonchev–Trinajstić information content (AvgIpc) is 2.98. The summed E-state index contributed by atoms with van der Waals surface area (Å²) in [6, 6.07) is 9.81. The van der Waals surface area contributed by atoms with Crippen molar-refractivity contribution < 1.29 is 4.74 Å². The van der Waals surface area contributed by atoms with E-state index in [1.807, 2.05) is 6.07 Å². The Labute approximate surface area is 116 Å². The van der Waals surface area contributed by atoms with E-state index in [0.717, 1.165) is 5.75 Å². The molecular weight excluding hydrogens is 234 g/mol. The van der Waals surface area contributed by atoms with Gasteiger partial charge >= 0.3 is 0 Å². The average molecular weight is 257 g/mol. The molecule has 19 heavy (non-hydrogen) atoms. The van der Waals surface area contributed by atoms with Gasteiger partial charge in [0.15, 0.2) is 0 Å². The lowest BCUT2D eigenvalue weighted by Crippen LogP contribution is -2.34. The van der Waals surface area contributed by atoms with Gasteiger partial charge in [0.05, 0.1) is 7.11 Å². The topological polar surface area (TPSA) is 12.5 Å². The molecule has 2 unspecified atom stereocenters. The molecule has 102 valence electrons. The number of hydrogen-bond donors (Lipinski definition) is 0. The van der Waals surface area contributed by atoms with Crippen molar-refractivity contribution in [2.24, 2.45) is 0 Å². The summed E-state index contributed by atoms with van der Waals surface area (Å²) in [6.45, 7) is 1.23. The number of rotatable bonds is 3. The first-order valence-electron chi connectivity index (χ1n) is 7.45. The van der Waals surface area contributed by atoms with Gasteiger partial charge in [0, 0.05) is 12.1 Å². The lowest BCUT2D eigenvalue weighted by molar-refractivity contribution is 0.198.